The van der Waals surface area contributed by atoms with Gasteiger partial charge in [0.05, 0.1) is 27.6 Å². The van der Waals surface area contributed by atoms with Crippen molar-refractivity contribution in [1.29, 1.82) is 0 Å². The molecule has 160 valence electrons. The number of carbonyl (C=O) groups is 2. The Bertz CT molecular complexity index is 1490. The maximum Gasteiger partial charge on any atom is 0.297 e. The van der Waals surface area contributed by atoms with Gasteiger partial charge in [-0.2, -0.15) is 0 Å². The van der Waals surface area contributed by atoms with E-state index in [1.54, 1.807) is 31.2 Å². The Hall–Kier alpha value is -3.36. The molecule has 1 unspecified atom stereocenters. The Labute approximate surface area is 189 Å². The Morgan fingerprint density at radius 1 is 1.19 bits per heavy atom. The van der Waals surface area contributed by atoms with Crippen molar-refractivity contribution >= 4 is 50.7 Å². The zero-order valence-corrected chi connectivity index (χ0v) is 18.4. The largest absolute Gasteiger partial charge is 0.450 e. The van der Waals surface area contributed by atoms with E-state index in [4.69, 9.17) is 16.0 Å². The van der Waals surface area contributed by atoms with Crippen LogP contribution in [0.25, 0.3) is 11.0 Å². The summed E-state index contributed by atoms with van der Waals surface area (Å²) in [5, 5.41) is 0.789. The first-order valence-corrected chi connectivity index (χ1v) is 10.8. The van der Waals surface area contributed by atoms with Gasteiger partial charge >= 0.3 is 0 Å². The van der Waals surface area contributed by atoms with E-state index >= 15 is 0 Å². The molecule has 0 fully saturated rings. The molecule has 0 spiro atoms. The molecule has 1 aliphatic heterocycles. The van der Waals surface area contributed by atoms with Crippen LogP contribution in [0.4, 0.5) is 9.52 Å². The lowest BCUT2D eigenvalue weighted by Gasteiger charge is -2.22. The highest BCUT2D eigenvalue weighted by Gasteiger charge is 2.45. The molecular weight excluding hydrogens is 455 g/mol. The molecule has 9 heteroatoms. The molecule has 0 N–H and O–H groups in total. The number of halogens is 2. The molecule has 0 bridgehead atoms. The third kappa shape index (κ3) is 3.06. The molecule has 1 amide bonds. The molecule has 1 aliphatic rings. The van der Waals surface area contributed by atoms with E-state index in [1.165, 1.54) is 17.9 Å². The van der Waals surface area contributed by atoms with E-state index in [2.05, 4.69) is 4.98 Å². The lowest BCUT2D eigenvalue weighted by atomic mass is 9.99. The Balaban J connectivity index is 1.81. The van der Waals surface area contributed by atoms with Crippen molar-refractivity contribution in [3.63, 3.8) is 0 Å². The second kappa shape index (κ2) is 7.36. The minimum Gasteiger partial charge on any atom is -0.450 e. The fourth-order valence-corrected chi connectivity index (χ4v) is 5.03. The second-order valence-electron chi connectivity index (χ2n) is 7.41. The summed E-state index contributed by atoms with van der Waals surface area (Å²) < 4.78 is 19.7. The van der Waals surface area contributed by atoms with Crippen molar-refractivity contribution in [2.24, 2.45) is 0 Å². The van der Waals surface area contributed by atoms with Gasteiger partial charge in [-0.3, -0.25) is 19.3 Å². The molecule has 0 aliphatic carbocycles. The van der Waals surface area contributed by atoms with Crippen LogP contribution >= 0.6 is 22.9 Å². The molecule has 6 nitrogen and oxygen atoms in total. The van der Waals surface area contributed by atoms with Gasteiger partial charge in [0.15, 0.2) is 16.3 Å². The van der Waals surface area contributed by atoms with Crippen LogP contribution in [0.2, 0.25) is 5.02 Å². The maximum atomic E-state index is 13.9. The third-order valence-electron chi connectivity index (χ3n) is 5.33. The standard InChI is InChI=1S/C23H14ClFN2O4S/c1-10-21(11(2)28)32-23(26-10)27-18(12-3-5-13(24)6-4-12)17-19(29)15-9-14(25)7-8-16(15)31-20(17)22(27)30/h3-9,18H,1-2H3. The summed E-state index contributed by atoms with van der Waals surface area (Å²) in [5.74, 6) is -1.46. The normalized spacial score (nSPS) is 15.4. The number of aromatic nitrogens is 1. The van der Waals surface area contributed by atoms with Crippen LogP contribution in [-0.2, 0) is 0 Å². The van der Waals surface area contributed by atoms with Crippen LogP contribution in [0.1, 0.15) is 50.0 Å². The van der Waals surface area contributed by atoms with Crippen molar-refractivity contribution in [3.8, 4) is 0 Å². The average molecular weight is 469 g/mol. The van der Waals surface area contributed by atoms with Crippen LogP contribution in [0.5, 0.6) is 0 Å². The predicted octanol–water partition coefficient (Wildman–Crippen LogP) is 5.30. The van der Waals surface area contributed by atoms with E-state index in [1.807, 2.05) is 0 Å². The van der Waals surface area contributed by atoms with Gasteiger partial charge in [0.25, 0.3) is 5.91 Å². The lowest BCUT2D eigenvalue weighted by molar-refractivity contribution is 0.0969. The zero-order chi connectivity index (χ0) is 22.7. The van der Waals surface area contributed by atoms with Gasteiger partial charge in [-0.15, -0.1) is 0 Å². The molecule has 0 radical (unpaired) electrons. The minimum atomic E-state index is -0.871. The summed E-state index contributed by atoms with van der Waals surface area (Å²) in [5.41, 5.74) is 0.786. The van der Waals surface area contributed by atoms with Crippen LogP contribution in [0.15, 0.2) is 51.7 Å². The van der Waals surface area contributed by atoms with Crippen molar-refractivity contribution in [2.75, 3.05) is 4.90 Å². The highest BCUT2D eigenvalue weighted by Crippen LogP contribution is 2.43. The average Bonchev–Trinajstić information content (AvgIpc) is 3.27. The summed E-state index contributed by atoms with van der Waals surface area (Å²) in [4.78, 5) is 45.1. The topological polar surface area (TPSA) is 80.5 Å². The number of hydrogen-bond acceptors (Lipinski definition) is 6. The second-order valence-corrected chi connectivity index (χ2v) is 8.82. The van der Waals surface area contributed by atoms with E-state index in [-0.39, 0.29) is 33.2 Å². The molecule has 0 saturated carbocycles. The number of thiazole rings is 1. The molecule has 0 saturated heterocycles. The fourth-order valence-electron chi connectivity index (χ4n) is 3.91. The number of anilines is 1. The first-order valence-electron chi connectivity index (χ1n) is 9.60. The number of fused-ring (bicyclic) bond motifs is 2. The van der Waals surface area contributed by atoms with E-state index in [0.29, 0.717) is 21.2 Å². The number of aryl methyl sites for hydroxylation is 1. The number of ketones is 1. The number of nitrogens with zero attached hydrogens (tertiary/aromatic N) is 2. The van der Waals surface area contributed by atoms with Gasteiger partial charge in [0, 0.05) is 11.9 Å². The van der Waals surface area contributed by atoms with Gasteiger partial charge in [-0.25, -0.2) is 9.37 Å². The molecule has 2 aromatic heterocycles. The van der Waals surface area contributed by atoms with E-state index < -0.39 is 23.2 Å². The van der Waals surface area contributed by atoms with Crippen LogP contribution in [-0.4, -0.2) is 16.7 Å². The van der Waals surface area contributed by atoms with E-state index in [9.17, 15) is 18.8 Å². The Morgan fingerprint density at radius 3 is 2.56 bits per heavy atom. The minimum absolute atomic E-state index is 0.0390. The highest BCUT2D eigenvalue weighted by atomic mass is 35.5. The molecule has 4 aromatic rings. The van der Waals surface area contributed by atoms with Crippen LogP contribution in [0, 0.1) is 12.7 Å². The molecule has 5 rings (SSSR count). The van der Waals surface area contributed by atoms with Crippen LogP contribution < -0.4 is 10.3 Å². The molecule has 2 aromatic carbocycles. The molecule has 3 heterocycles. The Morgan fingerprint density at radius 2 is 1.91 bits per heavy atom. The Kier molecular flexibility index (Phi) is 4.72. The predicted molar refractivity (Wildman–Crippen MR) is 119 cm³/mol. The zero-order valence-electron chi connectivity index (χ0n) is 16.8. The first-order chi connectivity index (χ1) is 15.3. The van der Waals surface area contributed by atoms with Crippen molar-refractivity contribution in [3.05, 3.63) is 91.0 Å². The summed E-state index contributed by atoms with van der Waals surface area (Å²) in [6.07, 6.45) is 0. The molecule has 1 atom stereocenters. The van der Waals surface area contributed by atoms with Gasteiger partial charge in [-0.1, -0.05) is 35.1 Å². The number of carbonyl (C=O) groups excluding carboxylic acids is 2. The first kappa shape index (κ1) is 20.5. The molecular formula is C23H14ClFN2O4S. The van der Waals surface area contributed by atoms with Crippen molar-refractivity contribution in [2.45, 2.75) is 19.9 Å². The fraction of sp³-hybridized carbons (Fsp3) is 0.130. The number of Topliss-reactive ketones (excluding diaryl/α,β-unsaturated/α-hetero) is 1. The quantitative estimate of drug-likeness (QED) is 0.381. The van der Waals surface area contributed by atoms with Gasteiger partial charge in [0.2, 0.25) is 5.76 Å². The van der Waals surface area contributed by atoms with Gasteiger partial charge in [0.1, 0.15) is 11.4 Å². The third-order valence-corrected chi connectivity index (χ3v) is 6.84. The van der Waals surface area contributed by atoms with Gasteiger partial charge in [-0.05, 0) is 42.8 Å². The number of amides is 1. The smallest absolute Gasteiger partial charge is 0.297 e. The molecule has 32 heavy (non-hydrogen) atoms. The number of benzene rings is 2. The summed E-state index contributed by atoms with van der Waals surface area (Å²) in [7, 11) is 0. The highest BCUT2D eigenvalue weighted by molar-refractivity contribution is 7.17. The van der Waals surface area contributed by atoms with Gasteiger partial charge < -0.3 is 4.42 Å². The lowest BCUT2D eigenvalue weighted by Crippen LogP contribution is -2.29. The maximum absolute atomic E-state index is 13.9. The number of hydrogen-bond donors (Lipinski definition) is 0. The van der Waals surface area contributed by atoms with E-state index in [0.717, 1.165) is 23.5 Å². The SMILES string of the molecule is CC(=O)c1sc(N2C(=O)c3oc4ccc(F)cc4c(=O)c3C2c2ccc(Cl)cc2)nc1C. The summed E-state index contributed by atoms with van der Waals surface area (Å²) in [6.45, 7) is 3.11. The summed E-state index contributed by atoms with van der Waals surface area (Å²) >= 11 is 7.10. The monoisotopic (exact) mass is 468 g/mol. The summed E-state index contributed by atoms with van der Waals surface area (Å²) in [6, 6.07) is 9.39. The number of rotatable bonds is 3. The van der Waals surface area contributed by atoms with Crippen molar-refractivity contribution in [1.82, 2.24) is 4.98 Å². The van der Waals surface area contributed by atoms with Crippen molar-refractivity contribution < 1.29 is 18.4 Å². The van der Waals surface area contributed by atoms with Crippen LogP contribution in [0.3, 0.4) is 0 Å².